The molecule has 1 aromatic heterocycles. The molecule has 178 valence electrons. The fraction of sp³-hybridized carbons (Fsp3) is 0.320. The highest BCUT2D eigenvalue weighted by Gasteiger charge is 2.39. The van der Waals surface area contributed by atoms with Crippen LogP contribution in [0.15, 0.2) is 54.6 Å². The number of carbonyl (C=O) groups is 1. The number of carboxylic acids is 1. The Morgan fingerprint density at radius 1 is 1.03 bits per heavy atom. The SMILES string of the molecule is O=C(O)c1nc(CC2(c3cccc(C(F)(F)F)c3)CCCC2)nc(O)c1OCc1ccccc1. The first-order chi connectivity index (χ1) is 16.2. The Hall–Kier alpha value is -3.62. The van der Waals surface area contributed by atoms with Gasteiger partial charge in [0, 0.05) is 11.8 Å². The molecule has 34 heavy (non-hydrogen) atoms. The van der Waals surface area contributed by atoms with E-state index < -0.39 is 34.7 Å². The molecule has 1 fully saturated rings. The number of hydrogen-bond donors (Lipinski definition) is 2. The highest BCUT2D eigenvalue weighted by Crippen LogP contribution is 2.45. The maximum Gasteiger partial charge on any atom is 0.416 e. The summed E-state index contributed by atoms with van der Waals surface area (Å²) in [6, 6.07) is 14.2. The second kappa shape index (κ2) is 9.32. The molecule has 3 aromatic rings. The number of alkyl halides is 3. The molecule has 2 aromatic carbocycles. The molecular formula is C25H23F3N2O4. The minimum atomic E-state index is -4.47. The van der Waals surface area contributed by atoms with E-state index in [1.54, 1.807) is 30.3 Å². The predicted octanol–water partition coefficient (Wildman–Crippen LogP) is 5.53. The lowest BCUT2D eigenvalue weighted by Gasteiger charge is -2.30. The first-order valence-corrected chi connectivity index (χ1v) is 10.9. The van der Waals surface area contributed by atoms with E-state index in [-0.39, 0.29) is 24.6 Å². The number of benzene rings is 2. The van der Waals surface area contributed by atoms with Crippen LogP contribution in [0.3, 0.4) is 0 Å². The van der Waals surface area contributed by atoms with Crippen LogP contribution in [0.4, 0.5) is 13.2 Å². The Morgan fingerprint density at radius 2 is 1.74 bits per heavy atom. The van der Waals surface area contributed by atoms with Crippen molar-refractivity contribution in [2.45, 2.75) is 50.3 Å². The van der Waals surface area contributed by atoms with Crippen molar-refractivity contribution in [3.05, 3.63) is 82.8 Å². The van der Waals surface area contributed by atoms with Crippen LogP contribution in [0.2, 0.25) is 0 Å². The first-order valence-electron chi connectivity index (χ1n) is 10.9. The number of aromatic nitrogens is 2. The second-order valence-corrected chi connectivity index (χ2v) is 8.46. The summed E-state index contributed by atoms with van der Waals surface area (Å²) in [7, 11) is 0. The lowest BCUT2D eigenvalue weighted by Crippen LogP contribution is -2.27. The summed E-state index contributed by atoms with van der Waals surface area (Å²) in [6.07, 6.45) is -1.54. The van der Waals surface area contributed by atoms with Gasteiger partial charge in [0.2, 0.25) is 5.75 Å². The number of carboxylic acid groups (broad SMARTS) is 1. The molecule has 1 aliphatic carbocycles. The zero-order valence-electron chi connectivity index (χ0n) is 18.2. The number of ether oxygens (including phenoxy) is 1. The van der Waals surface area contributed by atoms with Crippen LogP contribution >= 0.6 is 0 Å². The number of nitrogens with zero attached hydrogens (tertiary/aromatic N) is 2. The van der Waals surface area contributed by atoms with Crippen molar-refractivity contribution in [3.63, 3.8) is 0 Å². The third kappa shape index (κ3) is 4.98. The molecular weight excluding hydrogens is 449 g/mol. The lowest BCUT2D eigenvalue weighted by molar-refractivity contribution is -0.137. The van der Waals surface area contributed by atoms with E-state index in [2.05, 4.69) is 9.97 Å². The first kappa shape index (κ1) is 23.5. The van der Waals surface area contributed by atoms with Gasteiger partial charge in [-0.3, -0.25) is 0 Å². The summed E-state index contributed by atoms with van der Waals surface area (Å²) in [6.45, 7) is 0.00551. The van der Waals surface area contributed by atoms with Gasteiger partial charge in [0.25, 0.3) is 5.88 Å². The third-order valence-corrected chi connectivity index (χ3v) is 6.18. The van der Waals surface area contributed by atoms with E-state index in [1.807, 2.05) is 6.07 Å². The van der Waals surface area contributed by atoms with Crippen LogP contribution < -0.4 is 4.74 Å². The van der Waals surface area contributed by atoms with Crippen LogP contribution in [0.25, 0.3) is 0 Å². The monoisotopic (exact) mass is 472 g/mol. The summed E-state index contributed by atoms with van der Waals surface area (Å²) >= 11 is 0. The molecule has 0 atom stereocenters. The Kier molecular flexibility index (Phi) is 6.45. The van der Waals surface area contributed by atoms with Crippen LogP contribution in [0.1, 0.15) is 58.7 Å². The van der Waals surface area contributed by atoms with Gasteiger partial charge in [0.1, 0.15) is 12.4 Å². The number of aromatic carboxylic acids is 1. The van der Waals surface area contributed by atoms with Gasteiger partial charge in [-0.25, -0.2) is 9.78 Å². The minimum Gasteiger partial charge on any atom is -0.491 e. The van der Waals surface area contributed by atoms with Crippen LogP contribution in [0.5, 0.6) is 11.6 Å². The highest BCUT2D eigenvalue weighted by molar-refractivity contribution is 5.89. The number of halogens is 3. The van der Waals surface area contributed by atoms with Gasteiger partial charge in [-0.2, -0.15) is 18.2 Å². The molecule has 1 saturated carbocycles. The summed E-state index contributed by atoms with van der Waals surface area (Å²) < 4.78 is 45.4. The topological polar surface area (TPSA) is 92.5 Å². The van der Waals surface area contributed by atoms with Crippen molar-refractivity contribution in [3.8, 4) is 11.6 Å². The lowest BCUT2D eigenvalue weighted by atomic mass is 9.75. The van der Waals surface area contributed by atoms with Gasteiger partial charge in [-0.15, -0.1) is 0 Å². The van der Waals surface area contributed by atoms with Crippen molar-refractivity contribution in [2.75, 3.05) is 0 Å². The summed E-state index contributed by atoms with van der Waals surface area (Å²) in [5, 5.41) is 20.2. The molecule has 1 aliphatic rings. The molecule has 4 rings (SSSR count). The van der Waals surface area contributed by atoms with Gasteiger partial charge in [0.15, 0.2) is 5.69 Å². The molecule has 0 radical (unpaired) electrons. The summed E-state index contributed by atoms with van der Waals surface area (Å²) in [5.41, 5.74) is -0.650. The summed E-state index contributed by atoms with van der Waals surface area (Å²) in [5.74, 6) is -2.32. The number of hydrogen-bond acceptors (Lipinski definition) is 5. The largest absolute Gasteiger partial charge is 0.491 e. The van der Waals surface area contributed by atoms with Crippen molar-refractivity contribution in [1.82, 2.24) is 9.97 Å². The molecule has 0 amide bonds. The summed E-state index contributed by atoms with van der Waals surface area (Å²) in [4.78, 5) is 20.1. The molecule has 9 heteroatoms. The van der Waals surface area contributed by atoms with Gasteiger partial charge >= 0.3 is 12.1 Å². The smallest absolute Gasteiger partial charge is 0.416 e. The maximum absolute atomic E-state index is 13.3. The Balaban J connectivity index is 1.66. The third-order valence-electron chi connectivity index (χ3n) is 6.18. The average molecular weight is 472 g/mol. The fourth-order valence-electron chi connectivity index (χ4n) is 4.52. The molecule has 0 spiro atoms. The van der Waals surface area contributed by atoms with Crippen molar-refractivity contribution >= 4 is 5.97 Å². The van der Waals surface area contributed by atoms with E-state index in [9.17, 15) is 28.2 Å². The zero-order chi connectivity index (χ0) is 24.3. The van der Waals surface area contributed by atoms with E-state index in [0.717, 1.165) is 30.5 Å². The van der Waals surface area contributed by atoms with Crippen molar-refractivity contribution in [1.29, 1.82) is 0 Å². The minimum absolute atomic E-state index is 0.00551. The Bertz CT molecular complexity index is 1180. The number of aromatic hydroxyl groups is 1. The standard InChI is InChI=1S/C25H23F3N2O4/c26-25(27,28)18-10-6-9-17(13-18)24(11-4-5-12-24)14-19-29-20(23(32)33)21(22(31)30-19)34-15-16-7-2-1-3-8-16/h1-3,6-10,13H,4-5,11-12,14-15H2,(H,32,33)(H,29,30,31). The Labute approximate surface area is 194 Å². The van der Waals surface area contributed by atoms with Gasteiger partial charge in [-0.1, -0.05) is 61.4 Å². The van der Waals surface area contributed by atoms with Gasteiger partial charge in [-0.05, 0) is 30.0 Å². The predicted molar refractivity (Wildman–Crippen MR) is 117 cm³/mol. The van der Waals surface area contributed by atoms with Crippen LogP contribution in [0, 0.1) is 0 Å². The average Bonchev–Trinajstić information content (AvgIpc) is 3.28. The maximum atomic E-state index is 13.3. The van der Waals surface area contributed by atoms with Gasteiger partial charge < -0.3 is 14.9 Å². The van der Waals surface area contributed by atoms with E-state index >= 15 is 0 Å². The molecule has 0 bridgehead atoms. The zero-order valence-corrected chi connectivity index (χ0v) is 18.2. The highest BCUT2D eigenvalue weighted by atomic mass is 19.4. The van der Waals surface area contributed by atoms with E-state index in [1.165, 1.54) is 6.07 Å². The molecule has 0 aliphatic heterocycles. The normalized spacial score (nSPS) is 15.3. The fourth-order valence-corrected chi connectivity index (χ4v) is 4.52. The van der Waals surface area contributed by atoms with E-state index in [4.69, 9.17) is 4.74 Å². The molecule has 1 heterocycles. The number of rotatable bonds is 7. The van der Waals surface area contributed by atoms with Crippen molar-refractivity contribution in [2.24, 2.45) is 0 Å². The Morgan fingerprint density at radius 3 is 2.38 bits per heavy atom. The van der Waals surface area contributed by atoms with Crippen molar-refractivity contribution < 1.29 is 32.9 Å². The second-order valence-electron chi connectivity index (χ2n) is 8.46. The quantitative estimate of drug-likeness (QED) is 0.470. The van der Waals surface area contributed by atoms with Gasteiger partial charge in [0.05, 0.1) is 5.56 Å². The molecule has 0 unspecified atom stereocenters. The molecule has 6 nitrogen and oxygen atoms in total. The van der Waals surface area contributed by atoms with Crippen LogP contribution in [-0.2, 0) is 24.6 Å². The molecule has 2 N–H and O–H groups in total. The molecule has 0 saturated heterocycles. The van der Waals surface area contributed by atoms with Crippen LogP contribution in [-0.4, -0.2) is 26.2 Å². The van der Waals surface area contributed by atoms with E-state index in [0.29, 0.717) is 18.4 Å².